The highest BCUT2D eigenvalue weighted by molar-refractivity contribution is 6.34. The van der Waals surface area contributed by atoms with Gasteiger partial charge >= 0.3 is 0 Å². The molecule has 2 aliphatic heterocycles. The molecule has 0 spiro atoms. The highest BCUT2D eigenvalue weighted by atomic mass is 35.5. The molecule has 0 bridgehead atoms. The van der Waals surface area contributed by atoms with Crippen molar-refractivity contribution in [3.63, 3.8) is 0 Å². The lowest BCUT2D eigenvalue weighted by molar-refractivity contribution is -0.119. The Balaban J connectivity index is 1.40. The molecule has 2 aromatic carbocycles. The Morgan fingerprint density at radius 1 is 1.14 bits per heavy atom. The van der Waals surface area contributed by atoms with E-state index in [0.717, 1.165) is 71.7 Å². The van der Waals surface area contributed by atoms with Crippen LogP contribution in [0.5, 0.6) is 11.6 Å². The van der Waals surface area contributed by atoms with Crippen molar-refractivity contribution in [1.82, 2.24) is 20.5 Å². The minimum atomic E-state index is -0.890. The molecule has 1 aliphatic carbocycles. The third-order valence-electron chi connectivity index (χ3n) is 9.96. The van der Waals surface area contributed by atoms with Gasteiger partial charge in [0.25, 0.3) is 0 Å². The van der Waals surface area contributed by atoms with Crippen molar-refractivity contribution in [3.05, 3.63) is 105 Å². The number of benzene rings is 2. The van der Waals surface area contributed by atoms with Crippen LogP contribution in [0.2, 0.25) is 5.02 Å². The quantitative estimate of drug-likeness (QED) is 0.194. The number of hydrogen-bond acceptors (Lipinski definition) is 7. The molecule has 1 saturated heterocycles. The van der Waals surface area contributed by atoms with Crippen LogP contribution in [0.3, 0.4) is 0 Å². The van der Waals surface area contributed by atoms with E-state index in [9.17, 15) is 9.90 Å². The van der Waals surface area contributed by atoms with Crippen LogP contribution < -0.4 is 20.1 Å². The summed E-state index contributed by atoms with van der Waals surface area (Å²) in [5.74, 6) is 1.42. The van der Waals surface area contributed by atoms with E-state index in [0.29, 0.717) is 36.8 Å². The maximum Gasteiger partial charge on any atom is 0.220 e. The standard InChI is InChI=1S/C39H46Cl2N4O4/c1-38(2,47)17-19-45-18-15-25-20-27(21-33(48-3)31(25)24-45)39(16-7-9-30(36(39)41)29-8-5-6-10-32(29)40)34-13-11-26(37(44-34)49-4)22-42-23-28-12-14-35(46)43-28/h5-11,13,16,20-21,28,36,42,47H,12,14-15,17-19,22-24H2,1-4H3,(H,43,46)/t28-,36?,39?/m0/s1. The molecule has 10 heteroatoms. The van der Waals surface area contributed by atoms with E-state index in [1.165, 1.54) is 5.56 Å². The molecule has 1 amide bonds. The Kier molecular flexibility index (Phi) is 10.7. The molecule has 260 valence electrons. The first kappa shape index (κ1) is 35.4. The number of nitrogens with zero attached hydrogens (tertiary/aromatic N) is 2. The van der Waals surface area contributed by atoms with E-state index in [1.807, 2.05) is 62.4 Å². The number of rotatable bonds is 12. The number of pyridine rings is 1. The Morgan fingerprint density at radius 3 is 2.67 bits per heavy atom. The lowest BCUT2D eigenvalue weighted by Gasteiger charge is -2.40. The summed E-state index contributed by atoms with van der Waals surface area (Å²) in [6.07, 6.45) is 9.14. The minimum absolute atomic E-state index is 0.101. The van der Waals surface area contributed by atoms with Crippen LogP contribution in [0.4, 0.5) is 0 Å². The van der Waals surface area contributed by atoms with Crippen LogP contribution in [-0.2, 0) is 29.7 Å². The van der Waals surface area contributed by atoms with Gasteiger partial charge in [0.2, 0.25) is 11.8 Å². The van der Waals surface area contributed by atoms with E-state index >= 15 is 0 Å². The lowest BCUT2D eigenvalue weighted by Crippen LogP contribution is -2.40. The van der Waals surface area contributed by atoms with E-state index in [4.69, 9.17) is 37.7 Å². The molecule has 6 rings (SSSR count). The minimum Gasteiger partial charge on any atom is -0.496 e. The summed E-state index contributed by atoms with van der Waals surface area (Å²) in [6.45, 7) is 7.34. The predicted molar refractivity (Wildman–Crippen MR) is 196 cm³/mol. The second-order valence-electron chi connectivity index (χ2n) is 13.9. The molecule has 1 fully saturated rings. The molecule has 0 saturated carbocycles. The summed E-state index contributed by atoms with van der Waals surface area (Å²) in [7, 11) is 3.35. The van der Waals surface area contributed by atoms with Gasteiger partial charge in [-0.15, -0.1) is 11.6 Å². The maximum absolute atomic E-state index is 11.7. The Hall–Kier alpha value is -3.40. The van der Waals surface area contributed by atoms with Gasteiger partial charge in [0.15, 0.2) is 0 Å². The Morgan fingerprint density at radius 2 is 1.96 bits per heavy atom. The third-order valence-corrected chi connectivity index (χ3v) is 10.9. The zero-order valence-corrected chi connectivity index (χ0v) is 30.2. The maximum atomic E-state index is 11.7. The SMILES string of the molecule is COc1cc(C2(c3ccc(CNC[C@@H]4CCC(=O)N4)c(OC)n3)C=CC=C(c3ccccc3Cl)C2Cl)cc2c1CN(CCC(C)(C)O)CC2. The summed E-state index contributed by atoms with van der Waals surface area (Å²) in [4.78, 5) is 19.2. The van der Waals surface area contributed by atoms with E-state index in [1.54, 1.807) is 14.2 Å². The fourth-order valence-electron chi connectivity index (χ4n) is 7.20. The number of aromatic nitrogens is 1. The molecule has 3 heterocycles. The van der Waals surface area contributed by atoms with Crippen LogP contribution in [0.1, 0.15) is 66.6 Å². The van der Waals surface area contributed by atoms with Crippen LogP contribution in [0, 0.1) is 0 Å². The number of amides is 1. The number of allylic oxidation sites excluding steroid dienone is 4. The number of fused-ring (bicyclic) bond motifs is 1. The molecular weight excluding hydrogens is 659 g/mol. The molecule has 0 radical (unpaired) electrons. The first-order valence-electron chi connectivity index (χ1n) is 17.0. The van der Waals surface area contributed by atoms with Crippen LogP contribution in [0.15, 0.2) is 66.8 Å². The van der Waals surface area contributed by atoms with Crippen molar-refractivity contribution in [2.45, 2.75) is 75.1 Å². The number of hydrogen-bond donors (Lipinski definition) is 3. The van der Waals surface area contributed by atoms with Gasteiger partial charge in [-0.3, -0.25) is 9.69 Å². The first-order chi connectivity index (χ1) is 23.5. The average molecular weight is 706 g/mol. The second kappa shape index (κ2) is 14.8. The molecule has 3 aliphatic rings. The van der Waals surface area contributed by atoms with Crippen molar-refractivity contribution >= 4 is 34.7 Å². The highest BCUT2D eigenvalue weighted by Gasteiger charge is 2.45. The molecule has 49 heavy (non-hydrogen) atoms. The van der Waals surface area contributed by atoms with Gasteiger partial charge < -0.3 is 25.2 Å². The molecular formula is C39H46Cl2N4O4. The fourth-order valence-corrected chi connectivity index (χ4v) is 7.94. The van der Waals surface area contributed by atoms with Gasteiger partial charge in [0.1, 0.15) is 5.75 Å². The number of carbonyl (C=O) groups is 1. The van der Waals surface area contributed by atoms with Crippen LogP contribution in [0.25, 0.3) is 5.57 Å². The largest absolute Gasteiger partial charge is 0.496 e. The predicted octanol–water partition coefficient (Wildman–Crippen LogP) is 6.19. The Labute approximate surface area is 299 Å². The van der Waals surface area contributed by atoms with Gasteiger partial charge in [-0.05, 0) is 73.6 Å². The fraction of sp³-hybridized carbons (Fsp3) is 0.436. The number of methoxy groups -OCH3 is 2. The number of ether oxygens (including phenoxy) is 2. The number of halogens is 2. The highest BCUT2D eigenvalue weighted by Crippen LogP contribution is 2.50. The summed E-state index contributed by atoms with van der Waals surface area (Å²) in [6, 6.07) is 16.3. The first-order valence-corrected chi connectivity index (χ1v) is 17.8. The zero-order valence-electron chi connectivity index (χ0n) is 28.7. The second-order valence-corrected chi connectivity index (χ2v) is 14.7. The van der Waals surface area contributed by atoms with Gasteiger partial charge in [-0.2, -0.15) is 0 Å². The van der Waals surface area contributed by atoms with Crippen molar-refractivity contribution < 1.29 is 19.4 Å². The monoisotopic (exact) mass is 704 g/mol. The number of aliphatic hydroxyl groups is 1. The van der Waals surface area contributed by atoms with Gasteiger partial charge in [0, 0.05) is 61.3 Å². The summed E-state index contributed by atoms with van der Waals surface area (Å²) >= 11 is 14.5. The molecule has 3 N–H and O–H groups in total. The van der Waals surface area contributed by atoms with E-state index in [2.05, 4.69) is 33.7 Å². The van der Waals surface area contributed by atoms with E-state index in [-0.39, 0.29) is 11.9 Å². The molecule has 8 nitrogen and oxygen atoms in total. The Bertz CT molecular complexity index is 1740. The summed E-state index contributed by atoms with van der Waals surface area (Å²) in [5, 5.41) is 16.9. The number of carbonyl (C=O) groups excluding carboxylic acids is 1. The molecule has 2 unspecified atom stereocenters. The third kappa shape index (κ3) is 7.54. The number of alkyl halides is 1. The lowest BCUT2D eigenvalue weighted by atomic mass is 9.68. The van der Waals surface area contributed by atoms with E-state index < -0.39 is 16.4 Å². The van der Waals surface area contributed by atoms with Gasteiger partial charge in [-0.25, -0.2) is 4.98 Å². The normalized spacial score (nSPS) is 22.4. The van der Waals surface area contributed by atoms with Crippen molar-refractivity contribution in [1.29, 1.82) is 0 Å². The summed E-state index contributed by atoms with van der Waals surface area (Å²) in [5.41, 5.74) is 5.16. The average Bonchev–Trinajstić information content (AvgIpc) is 3.51. The molecule has 1 aromatic heterocycles. The van der Waals surface area contributed by atoms with Gasteiger partial charge in [-0.1, -0.05) is 60.2 Å². The zero-order chi connectivity index (χ0) is 34.8. The van der Waals surface area contributed by atoms with Crippen LogP contribution >= 0.6 is 23.2 Å². The van der Waals surface area contributed by atoms with Crippen molar-refractivity contribution in [2.75, 3.05) is 33.9 Å². The van der Waals surface area contributed by atoms with Gasteiger partial charge in [0.05, 0.1) is 36.3 Å². The number of nitrogens with one attached hydrogen (secondary N) is 2. The molecule has 3 atom stereocenters. The van der Waals surface area contributed by atoms with Crippen molar-refractivity contribution in [3.8, 4) is 11.6 Å². The summed E-state index contributed by atoms with van der Waals surface area (Å²) < 4.78 is 12.0. The van der Waals surface area contributed by atoms with Crippen molar-refractivity contribution in [2.24, 2.45) is 0 Å². The smallest absolute Gasteiger partial charge is 0.220 e. The molecule has 3 aromatic rings. The van der Waals surface area contributed by atoms with Crippen LogP contribution in [-0.4, -0.2) is 71.8 Å². The topological polar surface area (TPSA) is 96.0 Å².